The Balaban J connectivity index is 1.66. The van der Waals surface area contributed by atoms with Crippen molar-refractivity contribution in [3.8, 4) is 17.3 Å². The number of nitro benzene ring substituents is 1. The van der Waals surface area contributed by atoms with Crippen LogP contribution in [0.2, 0.25) is 5.02 Å². The summed E-state index contributed by atoms with van der Waals surface area (Å²) >= 11 is 9.59. The average molecular weight is 640 g/mol. The predicted molar refractivity (Wildman–Crippen MR) is 157 cm³/mol. The maximum Gasteiger partial charge on any atom is 0.344 e. The van der Waals surface area contributed by atoms with E-state index in [1.54, 1.807) is 50.2 Å². The van der Waals surface area contributed by atoms with Crippen molar-refractivity contribution in [3.05, 3.63) is 96.2 Å². The number of nitrogens with zero attached hydrogens (tertiary/aromatic N) is 4. The lowest BCUT2D eigenvalue weighted by molar-refractivity contribution is -0.385. The minimum absolute atomic E-state index is 0.0160. The number of aromatic nitrogens is 2. The lowest BCUT2D eigenvalue weighted by Gasteiger charge is -2.12. The highest BCUT2D eigenvalue weighted by molar-refractivity contribution is 9.10. The van der Waals surface area contributed by atoms with Crippen molar-refractivity contribution in [1.29, 1.82) is 0 Å². The smallest absolute Gasteiger partial charge is 0.344 e. The molecule has 0 aliphatic rings. The van der Waals surface area contributed by atoms with Gasteiger partial charge in [-0.1, -0.05) is 39.7 Å². The van der Waals surface area contributed by atoms with Crippen molar-refractivity contribution >= 4 is 67.3 Å². The van der Waals surface area contributed by atoms with E-state index >= 15 is 0 Å². The molecule has 0 atom stereocenters. The zero-order valence-electron chi connectivity index (χ0n) is 21.5. The molecule has 5 rings (SSSR count). The van der Waals surface area contributed by atoms with Crippen LogP contribution in [0.25, 0.3) is 33.5 Å². The molecule has 0 amide bonds. The molecule has 0 N–H and O–H groups in total. The van der Waals surface area contributed by atoms with Crippen molar-refractivity contribution < 1.29 is 23.6 Å². The summed E-state index contributed by atoms with van der Waals surface area (Å²) in [6.45, 7) is 2.72. The van der Waals surface area contributed by atoms with E-state index < -0.39 is 34.9 Å². The van der Waals surface area contributed by atoms with Crippen molar-refractivity contribution in [3.63, 3.8) is 0 Å². The summed E-state index contributed by atoms with van der Waals surface area (Å²) in [6, 6.07) is 16.4. The Morgan fingerprint density at radius 1 is 1.22 bits per heavy atom. The zero-order chi connectivity index (χ0) is 29.3. The Labute approximate surface area is 245 Å². The largest absolute Gasteiger partial charge is 0.474 e. The Morgan fingerprint density at radius 3 is 2.76 bits per heavy atom. The van der Waals surface area contributed by atoms with Crippen molar-refractivity contribution in [1.82, 2.24) is 9.66 Å². The van der Waals surface area contributed by atoms with Crippen LogP contribution in [-0.2, 0) is 9.53 Å². The highest BCUT2D eigenvalue weighted by Gasteiger charge is 2.23. The van der Waals surface area contributed by atoms with Crippen LogP contribution in [0.3, 0.4) is 0 Å². The summed E-state index contributed by atoms with van der Waals surface area (Å²) in [7, 11) is 0. The number of para-hydroxylation sites is 1. The predicted octanol–water partition coefficient (Wildman–Crippen LogP) is 6.35. The second-order valence-electron chi connectivity index (χ2n) is 9.03. The standard InChI is InChI=1S/C28H20BrClN4O7/c1-15(2)40-25(35)14-39-26-17(10-19(30)12-22(26)34(37)38)13-31-33-27(32-21-6-4-3-5-20(21)28(33)36)24-11-16-9-18(29)7-8-23(16)41-24/h3-13,15H,14H2,1-2H3. The van der Waals surface area contributed by atoms with E-state index in [4.69, 9.17) is 25.5 Å². The van der Waals surface area contributed by atoms with Crippen molar-refractivity contribution in [2.45, 2.75) is 20.0 Å². The number of halogens is 2. The number of ether oxygens (including phenoxy) is 2. The number of esters is 1. The Kier molecular flexibility index (Phi) is 7.86. The minimum atomic E-state index is -0.721. The number of carbonyl (C=O) groups is 1. The number of furan rings is 1. The normalized spacial score (nSPS) is 11.5. The van der Waals surface area contributed by atoms with E-state index in [0.717, 1.165) is 20.6 Å². The lowest BCUT2D eigenvalue weighted by Crippen LogP contribution is -2.21. The summed E-state index contributed by atoms with van der Waals surface area (Å²) in [4.78, 5) is 41.4. The molecule has 0 spiro atoms. The molecule has 5 aromatic rings. The van der Waals surface area contributed by atoms with Crippen LogP contribution >= 0.6 is 27.5 Å². The monoisotopic (exact) mass is 638 g/mol. The molecule has 0 saturated carbocycles. The fourth-order valence-corrected chi connectivity index (χ4v) is 4.65. The van der Waals surface area contributed by atoms with E-state index in [1.807, 2.05) is 12.1 Å². The molecule has 0 unspecified atom stereocenters. The van der Waals surface area contributed by atoms with Crippen LogP contribution in [0.4, 0.5) is 5.69 Å². The fraction of sp³-hybridized carbons (Fsp3) is 0.143. The van der Waals surface area contributed by atoms with Gasteiger partial charge in [0.05, 0.1) is 28.1 Å². The molecular formula is C28H20BrClN4O7. The van der Waals surface area contributed by atoms with Gasteiger partial charge in [-0.2, -0.15) is 9.78 Å². The van der Waals surface area contributed by atoms with Gasteiger partial charge in [-0.05, 0) is 56.3 Å². The van der Waals surface area contributed by atoms with E-state index in [2.05, 4.69) is 26.0 Å². The van der Waals surface area contributed by atoms with Crippen LogP contribution in [0, 0.1) is 10.1 Å². The Bertz CT molecular complexity index is 1920. The van der Waals surface area contributed by atoms with Gasteiger partial charge in [-0.15, -0.1) is 0 Å². The van der Waals surface area contributed by atoms with E-state index in [1.165, 1.54) is 12.3 Å². The van der Waals surface area contributed by atoms with Crippen molar-refractivity contribution in [2.24, 2.45) is 5.10 Å². The van der Waals surface area contributed by atoms with Gasteiger partial charge in [-0.3, -0.25) is 14.9 Å². The highest BCUT2D eigenvalue weighted by Crippen LogP contribution is 2.34. The van der Waals surface area contributed by atoms with Crippen LogP contribution in [-0.4, -0.2) is 39.5 Å². The number of hydrogen-bond acceptors (Lipinski definition) is 9. The number of fused-ring (bicyclic) bond motifs is 2. The van der Waals surface area contributed by atoms with Gasteiger partial charge < -0.3 is 13.9 Å². The van der Waals surface area contributed by atoms with Gasteiger partial charge in [0, 0.05) is 26.5 Å². The van der Waals surface area contributed by atoms with Gasteiger partial charge in [0.25, 0.3) is 5.56 Å². The summed E-state index contributed by atoms with van der Waals surface area (Å²) in [5.74, 6) is -0.637. The summed E-state index contributed by atoms with van der Waals surface area (Å²) < 4.78 is 18.4. The molecule has 3 aromatic carbocycles. The molecule has 41 heavy (non-hydrogen) atoms. The maximum atomic E-state index is 13.6. The van der Waals surface area contributed by atoms with Crippen LogP contribution in [0.1, 0.15) is 19.4 Å². The molecule has 11 nitrogen and oxygen atoms in total. The Hall–Kier alpha value is -4.55. The minimum Gasteiger partial charge on any atom is -0.474 e. The van der Waals surface area contributed by atoms with Gasteiger partial charge in [0.1, 0.15) is 5.58 Å². The molecule has 2 aromatic heterocycles. The average Bonchev–Trinajstić information content (AvgIpc) is 3.34. The van der Waals surface area contributed by atoms with Gasteiger partial charge >= 0.3 is 11.7 Å². The quantitative estimate of drug-likeness (QED) is 0.0829. The summed E-state index contributed by atoms with van der Waals surface area (Å²) in [5.41, 5.74) is 0.0229. The molecule has 0 aliphatic carbocycles. The molecule has 2 heterocycles. The topological polar surface area (TPSA) is 139 Å². The molecule has 13 heteroatoms. The maximum absolute atomic E-state index is 13.6. The second kappa shape index (κ2) is 11.5. The van der Waals surface area contributed by atoms with Crippen LogP contribution in [0.15, 0.2) is 79.4 Å². The SMILES string of the molecule is CC(C)OC(=O)COc1c(C=Nn2c(-c3cc4cc(Br)ccc4o3)nc3ccccc3c2=O)cc(Cl)cc1[N+](=O)[O-]. The molecule has 0 saturated heterocycles. The molecular weight excluding hydrogens is 620 g/mol. The molecule has 0 fully saturated rings. The zero-order valence-corrected chi connectivity index (χ0v) is 23.9. The van der Waals surface area contributed by atoms with E-state index in [-0.39, 0.29) is 33.3 Å². The molecule has 0 bridgehead atoms. The first-order chi connectivity index (χ1) is 19.6. The highest BCUT2D eigenvalue weighted by atomic mass is 79.9. The summed E-state index contributed by atoms with van der Waals surface area (Å²) in [6.07, 6.45) is 0.764. The first-order valence-corrected chi connectivity index (χ1v) is 13.3. The first kappa shape index (κ1) is 28.0. The van der Waals surface area contributed by atoms with Crippen LogP contribution in [0.5, 0.6) is 5.75 Å². The third-order valence-electron chi connectivity index (χ3n) is 5.73. The van der Waals surface area contributed by atoms with Gasteiger partial charge in [0.15, 0.2) is 12.4 Å². The third-order valence-corrected chi connectivity index (χ3v) is 6.44. The molecule has 0 radical (unpaired) electrons. The van der Waals surface area contributed by atoms with Gasteiger partial charge in [0.2, 0.25) is 11.6 Å². The van der Waals surface area contributed by atoms with Crippen LogP contribution < -0.4 is 10.3 Å². The third kappa shape index (κ3) is 5.98. The number of benzene rings is 3. The summed E-state index contributed by atoms with van der Waals surface area (Å²) in [5, 5.41) is 17.2. The second-order valence-corrected chi connectivity index (χ2v) is 10.4. The lowest BCUT2D eigenvalue weighted by atomic mass is 10.2. The van der Waals surface area contributed by atoms with Gasteiger partial charge in [-0.25, -0.2) is 9.78 Å². The fourth-order valence-electron chi connectivity index (χ4n) is 4.05. The Morgan fingerprint density at radius 2 is 2.00 bits per heavy atom. The van der Waals surface area contributed by atoms with Crippen molar-refractivity contribution in [2.75, 3.05) is 6.61 Å². The first-order valence-electron chi connectivity index (χ1n) is 12.2. The van der Waals surface area contributed by atoms with E-state index in [0.29, 0.717) is 11.1 Å². The molecule has 208 valence electrons. The number of nitro groups is 1. The number of rotatable bonds is 8. The molecule has 0 aliphatic heterocycles. The van der Waals surface area contributed by atoms with E-state index in [9.17, 15) is 19.7 Å². The number of hydrogen-bond donors (Lipinski definition) is 0. The number of carbonyl (C=O) groups excluding carboxylic acids is 1.